The molecule has 0 radical (unpaired) electrons. The second-order valence-corrected chi connectivity index (χ2v) is 8.65. The standard InChI is InChI=1S/C13H19N3O2S/c14-13-6-12(10-4-8-3-9(8)5-10)15-16(13)11-1-2-19(17,18)7-11/h6,8-11H,1-5,7,14H2. The maximum absolute atomic E-state index is 11.6. The number of hydrogen-bond donors (Lipinski definition) is 1. The summed E-state index contributed by atoms with van der Waals surface area (Å²) in [5.74, 6) is 3.46. The number of nitrogens with zero attached hydrogens (tertiary/aromatic N) is 2. The number of hydrogen-bond acceptors (Lipinski definition) is 4. The van der Waals surface area contributed by atoms with Gasteiger partial charge in [-0.15, -0.1) is 0 Å². The number of nitrogens with two attached hydrogens (primary N) is 1. The Morgan fingerprint density at radius 2 is 2.00 bits per heavy atom. The molecule has 0 amide bonds. The Hall–Kier alpha value is -1.04. The Bertz CT molecular complexity index is 612. The predicted molar refractivity (Wildman–Crippen MR) is 72.5 cm³/mol. The number of anilines is 1. The SMILES string of the molecule is Nc1cc(C2CC3CC3C2)nn1C1CCS(=O)(=O)C1. The number of fused-ring (bicyclic) bond motifs is 1. The van der Waals surface area contributed by atoms with Crippen molar-refractivity contribution >= 4 is 15.7 Å². The second-order valence-electron chi connectivity index (χ2n) is 6.42. The van der Waals surface area contributed by atoms with E-state index in [0.717, 1.165) is 17.5 Å². The first-order valence-electron chi connectivity index (χ1n) is 7.07. The van der Waals surface area contributed by atoms with Crippen LogP contribution in [0.1, 0.15) is 43.3 Å². The lowest BCUT2D eigenvalue weighted by Crippen LogP contribution is -2.15. The molecule has 0 spiro atoms. The van der Waals surface area contributed by atoms with Gasteiger partial charge in [-0.2, -0.15) is 5.10 Å². The highest BCUT2D eigenvalue weighted by atomic mass is 32.2. The Kier molecular flexibility index (Phi) is 2.32. The molecule has 4 rings (SSSR count). The molecule has 1 aromatic rings. The fourth-order valence-electron chi connectivity index (χ4n) is 3.85. The van der Waals surface area contributed by atoms with Gasteiger partial charge in [0.1, 0.15) is 5.82 Å². The predicted octanol–water partition coefficient (Wildman–Crippen LogP) is 1.34. The van der Waals surface area contributed by atoms with Crippen molar-refractivity contribution in [3.63, 3.8) is 0 Å². The molecule has 2 N–H and O–H groups in total. The van der Waals surface area contributed by atoms with Gasteiger partial charge in [0.05, 0.1) is 23.2 Å². The molecular formula is C13H19N3O2S. The first kappa shape index (κ1) is 11.8. The number of aromatic nitrogens is 2. The molecule has 3 aliphatic rings. The van der Waals surface area contributed by atoms with Crippen LogP contribution < -0.4 is 5.73 Å². The molecule has 1 aromatic heterocycles. The van der Waals surface area contributed by atoms with E-state index in [1.165, 1.54) is 19.3 Å². The molecule has 0 aromatic carbocycles. The topological polar surface area (TPSA) is 78.0 Å². The van der Waals surface area contributed by atoms with Gasteiger partial charge in [0.2, 0.25) is 0 Å². The normalized spacial score (nSPS) is 39.4. The van der Waals surface area contributed by atoms with Crippen LogP contribution in [0.5, 0.6) is 0 Å². The monoisotopic (exact) mass is 281 g/mol. The minimum atomic E-state index is -2.89. The zero-order valence-electron chi connectivity index (χ0n) is 10.8. The van der Waals surface area contributed by atoms with E-state index >= 15 is 0 Å². The third-order valence-corrected chi connectivity index (χ3v) is 6.75. The summed E-state index contributed by atoms with van der Waals surface area (Å²) >= 11 is 0. The molecule has 1 saturated heterocycles. The van der Waals surface area contributed by atoms with Gasteiger partial charge in [-0.1, -0.05) is 0 Å². The first-order chi connectivity index (χ1) is 9.02. The fourth-order valence-corrected chi connectivity index (χ4v) is 5.54. The van der Waals surface area contributed by atoms with E-state index in [0.29, 0.717) is 18.2 Å². The van der Waals surface area contributed by atoms with Gasteiger partial charge >= 0.3 is 0 Å². The van der Waals surface area contributed by atoms with E-state index in [4.69, 9.17) is 5.73 Å². The molecular weight excluding hydrogens is 262 g/mol. The molecule has 3 atom stereocenters. The van der Waals surface area contributed by atoms with E-state index in [9.17, 15) is 8.42 Å². The lowest BCUT2D eigenvalue weighted by atomic mass is 10.00. The molecule has 5 nitrogen and oxygen atoms in total. The van der Waals surface area contributed by atoms with Gasteiger partial charge < -0.3 is 5.73 Å². The molecule has 6 heteroatoms. The molecule has 0 bridgehead atoms. The zero-order chi connectivity index (χ0) is 13.2. The summed E-state index contributed by atoms with van der Waals surface area (Å²) in [5, 5.41) is 4.62. The van der Waals surface area contributed by atoms with E-state index < -0.39 is 9.84 Å². The summed E-state index contributed by atoms with van der Waals surface area (Å²) in [5.41, 5.74) is 7.11. The third kappa shape index (κ3) is 1.96. The van der Waals surface area contributed by atoms with Gasteiger partial charge in [0, 0.05) is 12.0 Å². The van der Waals surface area contributed by atoms with Crippen molar-refractivity contribution in [1.29, 1.82) is 0 Å². The Morgan fingerprint density at radius 1 is 1.26 bits per heavy atom. The maximum Gasteiger partial charge on any atom is 0.152 e. The smallest absolute Gasteiger partial charge is 0.152 e. The highest BCUT2D eigenvalue weighted by Crippen LogP contribution is 2.57. The van der Waals surface area contributed by atoms with Crippen molar-refractivity contribution in [1.82, 2.24) is 9.78 Å². The molecule has 19 heavy (non-hydrogen) atoms. The summed E-state index contributed by atoms with van der Waals surface area (Å²) in [6.45, 7) is 0. The quantitative estimate of drug-likeness (QED) is 0.887. The molecule has 2 heterocycles. The second kappa shape index (κ2) is 3.75. The Labute approximate surface area is 113 Å². The summed E-state index contributed by atoms with van der Waals surface area (Å²) in [7, 11) is -2.89. The van der Waals surface area contributed by atoms with Gasteiger partial charge in [0.15, 0.2) is 9.84 Å². The van der Waals surface area contributed by atoms with Gasteiger partial charge in [-0.25, -0.2) is 13.1 Å². The molecule has 3 unspecified atom stereocenters. The fraction of sp³-hybridized carbons (Fsp3) is 0.769. The lowest BCUT2D eigenvalue weighted by molar-refractivity contribution is 0.491. The van der Waals surface area contributed by atoms with Crippen LogP contribution in [0.3, 0.4) is 0 Å². The molecule has 2 saturated carbocycles. The van der Waals surface area contributed by atoms with Crippen molar-refractivity contribution in [3.8, 4) is 0 Å². The minimum absolute atomic E-state index is 0.0605. The van der Waals surface area contributed by atoms with E-state index in [1.807, 2.05) is 6.07 Å². The number of rotatable bonds is 2. The summed E-state index contributed by atoms with van der Waals surface area (Å²) in [6, 6.07) is 1.90. The Balaban J connectivity index is 1.58. The summed E-state index contributed by atoms with van der Waals surface area (Å²) < 4.78 is 24.9. The average Bonchev–Trinajstić information content (AvgIpc) is 2.74. The summed E-state index contributed by atoms with van der Waals surface area (Å²) in [6.07, 6.45) is 4.52. The van der Waals surface area contributed by atoms with Gasteiger partial charge in [0.25, 0.3) is 0 Å². The van der Waals surface area contributed by atoms with Crippen molar-refractivity contribution in [2.24, 2.45) is 11.8 Å². The number of sulfone groups is 1. The molecule has 1 aliphatic heterocycles. The van der Waals surface area contributed by atoms with E-state index in [2.05, 4.69) is 5.10 Å². The van der Waals surface area contributed by atoms with E-state index in [-0.39, 0.29) is 17.5 Å². The largest absolute Gasteiger partial charge is 0.384 e. The molecule has 2 aliphatic carbocycles. The van der Waals surface area contributed by atoms with Crippen molar-refractivity contribution in [2.45, 2.75) is 37.6 Å². The van der Waals surface area contributed by atoms with E-state index in [1.54, 1.807) is 4.68 Å². The van der Waals surface area contributed by atoms with Crippen molar-refractivity contribution in [3.05, 3.63) is 11.8 Å². The lowest BCUT2D eigenvalue weighted by Gasteiger charge is -2.11. The zero-order valence-corrected chi connectivity index (χ0v) is 11.6. The maximum atomic E-state index is 11.6. The van der Waals surface area contributed by atoms with Crippen LogP contribution >= 0.6 is 0 Å². The van der Waals surface area contributed by atoms with Crippen LogP contribution in [0.15, 0.2) is 6.07 Å². The first-order valence-corrected chi connectivity index (χ1v) is 8.89. The van der Waals surface area contributed by atoms with Crippen LogP contribution in [0.4, 0.5) is 5.82 Å². The van der Waals surface area contributed by atoms with Crippen molar-refractivity contribution in [2.75, 3.05) is 17.2 Å². The highest BCUT2D eigenvalue weighted by molar-refractivity contribution is 7.91. The molecule has 3 fully saturated rings. The van der Waals surface area contributed by atoms with Crippen LogP contribution in [-0.4, -0.2) is 29.7 Å². The minimum Gasteiger partial charge on any atom is -0.384 e. The number of nitrogen functional groups attached to an aromatic ring is 1. The van der Waals surface area contributed by atoms with Crippen LogP contribution in [0, 0.1) is 11.8 Å². The van der Waals surface area contributed by atoms with Crippen LogP contribution in [0.2, 0.25) is 0 Å². The summed E-state index contributed by atoms with van der Waals surface area (Å²) in [4.78, 5) is 0. The molecule has 104 valence electrons. The van der Waals surface area contributed by atoms with Crippen LogP contribution in [0.25, 0.3) is 0 Å². The van der Waals surface area contributed by atoms with Gasteiger partial charge in [-0.3, -0.25) is 0 Å². The Morgan fingerprint density at radius 3 is 2.63 bits per heavy atom. The highest BCUT2D eigenvalue weighted by Gasteiger charge is 2.47. The van der Waals surface area contributed by atoms with Gasteiger partial charge in [-0.05, 0) is 37.5 Å². The van der Waals surface area contributed by atoms with Crippen LogP contribution in [-0.2, 0) is 9.84 Å². The van der Waals surface area contributed by atoms with Crippen molar-refractivity contribution < 1.29 is 8.42 Å². The average molecular weight is 281 g/mol. The third-order valence-electron chi connectivity index (χ3n) is 5.00.